The number of nitrogens with zero attached hydrogens (tertiary/aromatic N) is 1. The van der Waals surface area contributed by atoms with Crippen LogP contribution in [0.1, 0.15) is 25.3 Å². The second-order valence-corrected chi connectivity index (χ2v) is 3.38. The zero-order valence-corrected chi connectivity index (χ0v) is 9.17. The van der Waals surface area contributed by atoms with Crippen LogP contribution in [-0.2, 0) is 4.79 Å². The van der Waals surface area contributed by atoms with Crippen molar-refractivity contribution in [3.63, 3.8) is 0 Å². The minimum absolute atomic E-state index is 0.0605. The maximum atomic E-state index is 10.7. The molecule has 0 aromatic heterocycles. The number of carbonyl (C=O) groups is 1. The first-order valence-electron chi connectivity index (χ1n) is 4.96. The Kier molecular flexibility index (Phi) is 3.99. The van der Waals surface area contributed by atoms with Crippen molar-refractivity contribution in [1.29, 1.82) is 0 Å². The van der Waals surface area contributed by atoms with Crippen LogP contribution in [0, 0.1) is 10.1 Å². The number of aldehydes is 1. The van der Waals surface area contributed by atoms with Crippen LogP contribution in [-0.4, -0.2) is 17.8 Å². The molecule has 0 saturated heterocycles. The van der Waals surface area contributed by atoms with Crippen molar-refractivity contribution in [1.82, 2.24) is 0 Å². The Morgan fingerprint density at radius 2 is 2.19 bits per heavy atom. The largest absolute Gasteiger partial charge is 0.494 e. The third kappa shape index (κ3) is 2.79. The summed E-state index contributed by atoms with van der Waals surface area (Å²) in [4.78, 5) is 20.8. The molecule has 0 spiro atoms. The molecule has 0 heterocycles. The van der Waals surface area contributed by atoms with Gasteiger partial charge in [0, 0.05) is 12.0 Å². The van der Waals surface area contributed by atoms with Crippen molar-refractivity contribution >= 4 is 12.0 Å². The van der Waals surface area contributed by atoms with Crippen LogP contribution in [0.4, 0.5) is 5.69 Å². The molecule has 1 atom stereocenters. The predicted molar refractivity (Wildman–Crippen MR) is 58.7 cm³/mol. The Morgan fingerprint density at radius 1 is 1.50 bits per heavy atom. The van der Waals surface area contributed by atoms with Crippen molar-refractivity contribution in [2.75, 3.05) is 6.61 Å². The molecular weight excluding hydrogens is 210 g/mol. The lowest BCUT2D eigenvalue weighted by molar-refractivity contribution is -0.385. The monoisotopic (exact) mass is 223 g/mol. The van der Waals surface area contributed by atoms with Crippen molar-refractivity contribution in [2.24, 2.45) is 0 Å². The second-order valence-electron chi connectivity index (χ2n) is 3.38. The highest BCUT2D eigenvalue weighted by molar-refractivity contribution is 5.63. The molecular formula is C11H13NO4. The van der Waals surface area contributed by atoms with Crippen LogP contribution in [0.3, 0.4) is 0 Å². The maximum absolute atomic E-state index is 10.7. The number of hydrogen-bond donors (Lipinski definition) is 0. The van der Waals surface area contributed by atoms with E-state index in [0.29, 0.717) is 17.9 Å². The van der Waals surface area contributed by atoms with Gasteiger partial charge in [-0.05, 0) is 18.6 Å². The average Bonchev–Trinajstić information content (AvgIpc) is 2.28. The summed E-state index contributed by atoms with van der Waals surface area (Å²) in [6.07, 6.45) is 0.745. The van der Waals surface area contributed by atoms with Gasteiger partial charge in [-0.15, -0.1) is 0 Å². The lowest BCUT2D eigenvalue weighted by Crippen LogP contribution is -1.99. The molecule has 0 fully saturated rings. The van der Waals surface area contributed by atoms with Crippen molar-refractivity contribution in [2.45, 2.75) is 19.8 Å². The molecule has 0 saturated carbocycles. The molecule has 0 aliphatic carbocycles. The molecule has 86 valence electrons. The smallest absolute Gasteiger partial charge is 0.273 e. The van der Waals surface area contributed by atoms with Gasteiger partial charge in [0.15, 0.2) is 0 Å². The van der Waals surface area contributed by atoms with Crippen LogP contribution in [0.25, 0.3) is 0 Å². The van der Waals surface area contributed by atoms with Crippen LogP contribution < -0.4 is 4.74 Å². The van der Waals surface area contributed by atoms with E-state index >= 15 is 0 Å². The van der Waals surface area contributed by atoms with Crippen LogP contribution in [0.15, 0.2) is 18.2 Å². The first-order valence-corrected chi connectivity index (χ1v) is 4.96. The Morgan fingerprint density at radius 3 is 2.69 bits per heavy atom. The first kappa shape index (κ1) is 12.2. The maximum Gasteiger partial charge on any atom is 0.273 e. The first-order chi connectivity index (χ1) is 7.58. The molecule has 1 aromatic carbocycles. The fraction of sp³-hybridized carbons (Fsp3) is 0.364. The number of rotatable bonds is 5. The molecule has 16 heavy (non-hydrogen) atoms. The Bertz CT molecular complexity index is 403. The van der Waals surface area contributed by atoms with Crippen molar-refractivity contribution in [3.8, 4) is 5.75 Å². The number of nitro benzene ring substituents is 1. The van der Waals surface area contributed by atoms with Gasteiger partial charge in [-0.2, -0.15) is 0 Å². The zero-order valence-electron chi connectivity index (χ0n) is 9.17. The highest BCUT2D eigenvalue weighted by Crippen LogP contribution is 2.26. The molecule has 1 rings (SSSR count). The number of nitro groups is 1. The molecule has 0 bridgehead atoms. The number of non-ortho nitro benzene ring substituents is 1. The van der Waals surface area contributed by atoms with E-state index in [1.165, 1.54) is 12.1 Å². The van der Waals surface area contributed by atoms with E-state index in [1.807, 2.05) is 0 Å². The predicted octanol–water partition coefficient (Wildman–Crippen LogP) is 2.30. The minimum atomic E-state index is -0.496. The molecule has 0 amide bonds. The molecule has 5 heteroatoms. The van der Waals surface area contributed by atoms with E-state index in [0.717, 1.165) is 6.29 Å². The average molecular weight is 223 g/mol. The summed E-state index contributed by atoms with van der Waals surface area (Å²) in [7, 11) is 0. The van der Waals surface area contributed by atoms with E-state index in [9.17, 15) is 14.9 Å². The van der Waals surface area contributed by atoms with E-state index in [-0.39, 0.29) is 11.6 Å². The van der Waals surface area contributed by atoms with E-state index < -0.39 is 4.92 Å². The van der Waals surface area contributed by atoms with Crippen LogP contribution in [0.5, 0.6) is 5.75 Å². The zero-order chi connectivity index (χ0) is 12.1. The van der Waals surface area contributed by atoms with Gasteiger partial charge in [-0.25, -0.2) is 0 Å². The molecule has 1 aromatic rings. The minimum Gasteiger partial charge on any atom is -0.494 e. The highest BCUT2D eigenvalue weighted by Gasteiger charge is 2.13. The van der Waals surface area contributed by atoms with Gasteiger partial charge in [-0.3, -0.25) is 10.1 Å². The van der Waals surface area contributed by atoms with Gasteiger partial charge in [0.1, 0.15) is 12.0 Å². The van der Waals surface area contributed by atoms with E-state index in [2.05, 4.69) is 0 Å². The Hall–Kier alpha value is -1.91. The van der Waals surface area contributed by atoms with E-state index in [1.54, 1.807) is 19.9 Å². The topological polar surface area (TPSA) is 69.4 Å². The Labute approximate surface area is 93.2 Å². The van der Waals surface area contributed by atoms with E-state index in [4.69, 9.17) is 4.74 Å². The summed E-state index contributed by atoms with van der Waals surface area (Å²) in [5.74, 6) is 0.0412. The van der Waals surface area contributed by atoms with Gasteiger partial charge in [0.25, 0.3) is 5.69 Å². The molecule has 0 radical (unpaired) electrons. The second kappa shape index (κ2) is 5.25. The highest BCUT2D eigenvalue weighted by atomic mass is 16.6. The number of ether oxygens (including phenoxy) is 1. The Balaban J connectivity index is 3.17. The summed E-state index contributed by atoms with van der Waals surface area (Å²) in [6, 6.07) is 4.39. The molecule has 0 aliphatic heterocycles. The summed E-state index contributed by atoms with van der Waals surface area (Å²) in [5.41, 5.74) is 0.530. The number of benzene rings is 1. The third-order valence-electron chi connectivity index (χ3n) is 2.17. The summed E-state index contributed by atoms with van der Waals surface area (Å²) in [5, 5.41) is 10.7. The van der Waals surface area contributed by atoms with Crippen LogP contribution >= 0.6 is 0 Å². The quantitative estimate of drug-likeness (QED) is 0.436. The lowest BCUT2D eigenvalue weighted by atomic mass is 10.0. The molecule has 5 nitrogen and oxygen atoms in total. The fourth-order valence-corrected chi connectivity index (χ4v) is 1.30. The van der Waals surface area contributed by atoms with Crippen molar-refractivity contribution in [3.05, 3.63) is 33.9 Å². The van der Waals surface area contributed by atoms with Crippen LogP contribution in [0.2, 0.25) is 0 Å². The normalized spacial score (nSPS) is 11.9. The molecule has 0 aliphatic rings. The van der Waals surface area contributed by atoms with Gasteiger partial charge in [-0.1, -0.05) is 6.92 Å². The third-order valence-corrected chi connectivity index (χ3v) is 2.17. The standard InChI is InChI=1S/C11H13NO4/c1-3-16-11-5-9(8(2)7-13)4-10(6-11)12(14)15/h4-8H,3H2,1-2H3. The van der Waals surface area contributed by atoms with Gasteiger partial charge in [0.2, 0.25) is 0 Å². The van der Waals surface area contributed by atoms with Gasteiger partial charge >= 0.3 is 0 Å². The SMILES string of the molecule is CCOc1cc(C(C)C=O)cc([N+](=O)[O-])c1. The molecule has 1 unspecified atom stereocenters. The summed E-state index contributed by atoms with van der Waals surface area (Å²) >= 11 is 0. The summed E-state index contributed by atoms with van der Waals surface area (Å²) in [6.45, 7) is 3.90. The molecule has 0 N–H and O–H groups in total. The summed E-state index contributed by atoms with van der Waals surface area (Å²) < 4.78 is 5.21. The fourth-order valence-electron chi connectivity index (χ4n) is 1.30. The van der Waals surface area contributed by atoms with Gasteiger partial charge < -0.3 is 9.53 Å². The lowest BCUT2D eigenvalue weighted by Gasteiger charge is -2.08. The number of hydrogen-bond acceptors (Lipinski definition) is 4. The number of carbonyl (C=O) groups excluding carboxylic acids is 1. The van der Waals surface area contributed by atoms with Crippen molar-refractivity contribution < 1.29 is 14.5 Å². The van der Waals surface area contributed by atoms with Gasteiger partial charge in [0.05, 0.1) is 17.6 Å².